The Labute approximate surface area is 201 Å². The number of ether oxygens (including phenoxy) is 5. The Kier molecular flexibility index (Phi) is 8.90. The fraction of sp³-hybridized carbons (Fsp3) is 0.500. The summed E-state index contributed by atoms with van der Waals surface area (Å²) in [6.07, 6.45) is 0.834. The lowest BCUT2D eigenvalue weighted by Crippen LogP contribution is -2.42. The molecule has 2 aromatic carbocycles. The van der Waals surface area contributed by atoms with E-state index in [-0.39, 0.29) is 35.1 Å². The van der Waals surface area contributed by atoms with Crippen LogP contribution in [-0.4, -0.2) is 50.2 Å². The maximum absolute atomic E-state index is 12.7. The Morgan fingerprint density at radius 1 is 0.853 bits per heavy atom. The Morgan fingerprint density at radius 2 is 1.38 bits per heavy atom. The van der Waals surface area contributed by atoms with Gasteiger partial charge in [-0.15, -0.1) is 0 Å². The minimum atomic E-state index is -0.910. The highest BCUT2D eigenvalue weighted by molar-refractivity contribution is 5.72. The topological polar surface area (TPSA) is 104 Å². The van der Waals surface area contributed by atoms with Crippen molar-refractivity contribution >= 4 is 5.97 Å². The minimum absolute atomic E-state index is 0.174. The molecule has 0 fully saturated rings. The van der Waals surface area contributed by atoms with E-state index in [2.05, 4.69) is 0 Å². The molecule has 0 unspecified atom stereocenters. The van der Waals surface area contributed by atoms with Crippen molar-refractivity contribution in [1.82, 2.24) is 0 Å². The maximum Gasteiger partial charge on any atom is 0.308 e. The van der Waals surface area contributed by atoms with Crippen LogP contribution in [0.2, 0.25) is 0 Å². The number of esters is 1. The van der Waals surface area contributed by atoms with Crippen molar-refractivity contribution in [2.45, 2.75) is 46.1 Å². The van der Waals surface area contributed by atoms with Crippen molar-refractivity contribution in [3.05, 3.63) is 35.4 Å². The molecule has 0 saturated carbocycles. The predicted molar refractivity (Wildman–Crippen MR) is 128 cm³/mol. The number of benzene rings is 2. The van der Waals surface area contributed by atoms with Crippen LogP contribution in [0.4, 0.5) is 0 Å². The van der Waals surface area contributed by atoms with E-state index in [1.54, 1.807) is 34.1 Å². The molecule has 188 valence electrons. The molecule has 8 nitrogen and oxygen atoms in total. The fourth-order valence-corrected chi connectivity index (χ4v) is 3.79. The van der Waals surface area contributed by atoms with E-state index in [1.807, 2.05) is 26.0 Å². The van der Waals surface area contributed by atoms with Crippen LogP contribution in [0.5, 0.6) is 34.5 Å². The zero-order chi connectivity index (χ0) is 25.6. The van der Waals surface area contributed by atoms with Crippen LogP contribution < -0.4 is 18.9 Å². The second kappa shape index (κ2) is 11.2. The van der Waals surface area contributed by atoms with E-state index in [0.717, 1.165) is 11.1 Å². The van der Waals surface area contributed by atoms with Crippen LogP contribution in [0, 0.1) is 11.8 Å². The van der Waals surface area contributed by atoms with Crippen molar-refractivity contribution < 1.29 is 38.7 Å². The van der Waals surface area contributed by atoms with Gasteiger partial charge in [0, 0.05) is 12.3 Å². The summed E-state index contributed by atoms with van der Waals surface area (Å²) in [5, 5.41) is 20.0. The van der Waals surface area contributed by atoms with Gasteiger partial charge in [0.15, 0.2) is 23.0 Å². The molecule has 2 N–H and O–H groups in total. The summed E-state index contributed by atoms with van der Waals surface area (Å²) in [7, 11) is 6.05. The minimum Gasteiger partial charge on any atom is -0.504 e. The number of rotatable bonds is 11. The normalized spacial score (nSPS) is 13.7. The summed E-state index contributed by atoms with van der Waals surface area (Å²) in [5.41, 5.74) is 0.662. The van der Waals surface area contributed by atoms with E-state index < -0.39 is 5.60 Å². The van der Waals surface area contributed by atoms with Crippen molar-refractivity contribution in [3.63, 3.8) is 0 Å². The van der Waals surface area contributed by atoms with Crippen molar-refractivity contribution in [2.24, 2.45) is 11.8 Å². The zero-order valence-electron chi connectivity index (χ0n) is 21.2. The zero-order valence-corrected chi connectivity index (χ0v) is 21.2. The summed E-state index contributed by atoms with van der Waals surface area (Å²) in [6, 6.07) is 6.82. The van der Waals surface area contributed by atoms with Crippen LogP contribution in [0.15, 0.2) is 24.3 Å². The highest BCUT2D eigenvalue weighted by atomic mass is 16.6. The van der Waals surface area contributed by atoms with Crippen LogP contribution in [0.3, 0.4) is 0 Å². The number of hydrogen-bond acceptors (Lipinski definition) is 8. The van der Waals surface area contributed by atoms with Gasteiger partial charge in [-0.05, 0) is 48.7 Å². The molecular formula is C26H36O8. The van der Waals surface area contributed by atoms with Gasteiger partial charge in [-0.25, -0.2) is 0 Å². The lowest BCUT2D eigenvalue weighted by atomic mass is 9.80. The van der Waals surface area contributed by atoms with Crippen LogP contribution in [0.1, 0.15) is 38.8 Å². The highest BCUT2D eigenvalue weighted by Crippen LogP contribution is 2.41. The molecule has 34 heavy (non-hydrogen) atoms. The molecule has 0 aliphatic heterocycles. The lowest BCUT2D eigenvalue weighted by molar-refractivity contribution is -0.167. The summed E-state index contributed by atoms with van der Waals surface area (Å²) in [4.78, 5) is 12.7. The van der Waals surface area contributed by atoms with E-state index in [1.165, 1.54) is 20.3 Å². The summed E-state index contributed by atoms with van der Waals surface area (Å²) in [6.45, 7) is 7.44. The third-order valence-electron chi connectivity index (χ3n) is 6.00. The van der Waals surface area contributed by atoms with Crippen molar-refractivity contribution in [1.29, 1.82) is 0 Å². The molecule has 0 saturated heterocycles. The van der Waals surface area contributed by atoms with Crippen molar-refractivity contribution in [2.75, 3.05) is 28.4 Å². The van der Waals surface area contributed by atoms with Crippen LogP contribution in [-0.2, 0) is 22.4 Å². The number of hydrogen-bond donors (Lipinski definition) is 2. The lowest BCUT2D eigenvalue weighted by Gasteiger charge is -2.36. The Morgan fingerprint density at radius 3 is 1.85 bits per heavy atom. The smallest absolute Gasteiger partial charge is 0.308 e. The third kappa shape index (κ3) is 5.98. The number of carbonyl (C=O) groups is 1. The van der Waals surface area contributed by atoms with Gasteiger partial charge in [-0.1, -0.05) is 20.8 Å². The third-order valence-corrected chi connectivity index (χ3v) is 6.00. The largest absolute Gasteiger partial charge is 0.504 e. The SMILES string of the molecule is COc1cc(C[C@H](C)[C@@](C)(Cc2cc(OC)c(OC)c(OC)c2)OC(=O)C(C)C)cc(O)c1O. The molecule has 0 aliphatic carbocycles. The molecule has 0 radical (unpaired) electrons. The van der Waals surface area contributed by atoms with Gasteiger partial charge in [0.1, 0.15) is 5.60 Å². The average molecular weight is 477 g/mol. The maximum atomic E-state index is 12.7. The first-order valence-electron chi connectivity index (χ1n) is 11.1. The highest BCUT2D eigenvalue weighted by Gasteiger charge is 2.37. The van der Waals surface area contributed by atoms with E-state index in [0.29, 0.717) is 30.1 Å². The predicted octanol–water partition coefficient (Wildman–Crippen LogP) is 4.51. The van der Waals surface area contributed by atoms with Crippen LogP contribution in [0.25, 0.3) is 0 Å². The molecule has 0 aliphatic rings. The number of phenols is 2. The molecule has 2 aromatic rings. The molecule has 0 spiro atoms. The molecule has 0 heterocycles. The number of phenolic OH excluding ortho intramolecular Hbond substituents is 2. The second-order valence-corrected chi connectivity index (χ2v) is 8.87. The molecular weight excluding hydrogens is 440 g/mol. The number of aromatic hydroxyl groups is 2. The standard InChI is InChI=1S/C26H36O8/c1-15(2)25(29)34-26(4,14-18-12-21(31-6)24(33-8)22(13-18)32-7)16(3)9-17-10-19(27)23(28)20(11-17)30-5/h10-13,15-16,27-28H,9,14H2,1-8H3/t16-,26+/m0/s1. The molecule has 0 amide bonds. The van der Waals surface area contributed by atoms with Gasteiger partial charge in [0.2, 0.25) is 11.5 Å². The summed E-state index contributed by atoms with van der Waals surface area (Å²) in [5.74, 6) is 0.296. The number of methoxy groups -OCH3 is 4. The first kappa shape index (κ1) is 27.0. The molecule has 2 rings (SSSR count). The molecule has 0 aromatic heterocycles. The molecule has 0 bridgehead atoms. The van der Waals surface area contributed by atoms with Gasteiger partial charge >= 0.3 is 5.97 Å². The molecule has 2 atom stereocenters. The van der Waals surface area contributed by atoms with Gasteiger partial charge < -0.3 is 33.9 Å². The quantitative estimate of drug-likeness (QED) is 0.361. The first-order chi connectivity index (χ1) is 16.0. The van der Waals surface area contributed by atoms with Crippen LogP contribution >= 0.6 is 0 Å². The number of carbonyl (C=O) groups excluding carboxylic acids is 1. The second-order valence-electron chi connectivity index (χ2n) is 8.87. The van der Waals surface area contributed by atoms with E-state index in [4.69, 9.17) is 23.7 Å². The molecule has 8 heteroatoms. The average Bonchev–Trinajstić information content (AvgIpc) is 2.80. The van der Waals surface area contributed by atoms with Gasteiger partial charge in [0.05, 0.1) is 34.4 Å². The van der Waals surface area contributed by atoms with Crippen molar-refractivity contribution in [3.8, 4) is 34.5 Å². The van der Waals surface area contributed by atoms with E-state index >= 15 is 0 Å². The summed E-state index contributed by atoms with van der Waals surface area (Å²) >= 11 is 0. The van der Waals surface area contributed by atoms with Gasteiger partial charge in [-0.3, -0.25) is 4.79 Å². The van der Waals surface area contributed by atoms with Gasteiger partial charge in [-0.2, -0.15) is 0 Å². The van der Waals surface area contributed by atoms with Gasteiger partial charge in [0.25, 0.3) is 0 Å². The Hall–Kier alpha value is -3.29. The first-order valence-corrected chi connectivity index (χ1v) is 11.1. The monoisotopic (exact) mass is 476 g/mol. The Balaban J connectivity index is 2.47. The summed E-state index contributed by atoms with van der Waals surface area (Å²) < 4.78 is 27.6. The Bertz CT molecular complexity index is 976. The fourth-order valence-electron chi connectivity index (χ4n) is 3.79. The van der Waals surface area contributed by atoms with E-state index in [9.17, 15) is 15.0 Å².